The Balaban J connectivity index is 1.48. The zero-order valence-electron chi connectivity index (χ0n) is 15.4. The highest BCUT2D eigenvalue weighted by atomic mass is 32.1. The van der Waals surface area contributed by atoms with Crippen LogP contribution in [-0.2, 0) is 6.54 Å². The first kappa shape index (κ1) is 17.8. The Hall–Kier alpha value is -2.01. The molecule has 134 valence electrons. The highest BCUT2D eigenvalue weighted by Gasteiger charge is 2.20. The molecule has 1 aromatic heterocycles. The number of rotatable bonds is 4. The molecule has 1 aromatic carbocycles. The molecule has 0 saturated carbocycles. The minimum atomic E-state index is 0.488. The maximum atomic E-state index is 4.40. The molecule has 4 nitrogen and oxygen atoms in total. The normalized spacial score (nSPS) is 16.1. The van der Waals surface area contributed by atoms with Crippen LogP contribution in [0.15, 0.2) is 40.7 Å². The van der Waals surface area contributed by atoms with E-state index >= 15 is 0 Å². The van der Waals surface area contributed by atoms with E-state index in [0.717, 1.165) is 38.4 Å². The molecule has 1 saturated heterocycles. The van der Waals surface area contributed by atoms with E-state index in [4.69, 9.17) is 0 Å². The van der Waals surface area contributed by atoms with E-state index in [1.807, 2.05) is 18.4 Å². The van der Waals surface area contributed by atoms with Crippen LogP contribution in [0.4, 0.5) is 5.00 Å². The highest BCUT2D eigenvalue weighted by Crippen LogP contribution is 2.24. The first-order chi connectivity index (χ1) is 12.2. The number of aryl methyl sites for hydroxylation is 2. The maximum absolute atomic E-state index is 4.40. The van der Waals surface area contributed by atoms with Gasteiger partial charge in [0.05, 0.1) is 5.00 Å². The number of aliphatic imine (C=N–C) groups is 1. The summed E-state index contributed by atoms with van der Waals surface area (Å²) in [5.74, 6) is 0.898. The summed E-state index contributed by atoms with van der Waals surface area (Å²) in [5, 5.41) is 10.6. The van der Waals surface area contributed by atoms with E-state index in [9.17, 15) is 0 Å². The second-order valence-electron chi connectivity index (χ2n) is 6.71. The monoisotopic (exact) mass is 356 g/mol. The lowest BCUT2D eigenvalue weighted by Gasteiger charge is -2.33. The van der Waals surface area contributed by atoms with Gasteiger partial charge in [-0.05, 0) is 55.3 Å². The first-order valence-corrected chi connectivity index (χ1v) is 9.85. The van der Waals surface area contributed by atoms with Crippen LogP contribution in [0, 0.1) is 13.8 Å². The molecule has 0 amide bonds. The molecule has 0 atom stereocenters. The molecular formula is C20H28N4S. The minimum Gasteiger partial charge on any atom is -0.363 e. The lowest BCUT2D eigenvalue weighted by Crippen LogP contribution is -2.48. The first-order valence-electron chi connectivity index (χ1n) is 8.97. The predicted molar refractivity (Wildman–Crippen MR) is 109 cm³/mol. The third kappa shape index (κ3) is 4.75. The molecule has 1 fully saturated rings. The van der Waals surface area contributed by atoms with Crippen LogP contribution in [0.3, 0.4) is 0 Å². The van der Waals surface area contributed by atoms with E-state index < -0.39 is 0 Å². The van der Waals surface area contributed by atoms with Crippen LogP contribution in [-0.4, -0.2) is 32.1 Å². The quantitative estimate of drug-likeness (QED) is 0.648. The average Bonchev–Trinajstić information content (AvgIpc) is 3.15. The van der Waals surface area contributed by atoms with Gasteiger partial charge in [-0.2, -0.15) is 0 Å². The van der Waals surface area contributed by atoms with Crippen LogP contribution in [0.2, 0.25) is 0 Å². The number of nitrogens with one attached hydrogen (secondary N) is 2. The SMILES string of the molecule is CN=C(NCc1ccc(C)cc1C)NC1CCN(c2cccs2)CC1. The Labute approximate surface area is 155 Å². The molecular weight excluding hydrogens is 328 g/mol. The van der Waals surface area contributed by atoms with Crippen LogP contribution in [0.1, 0.15) is 29.5 Å². The van der Waals surface area contributed by atoms with Gasteiger partial charge < -0.3 is 15.5 Å². The number of thiophene rings is 1. The smallest absolute Gasteiger partial charge is 0.191 e. The van der Waals surface area contributed by atoms with Crippen molar-refractivity contribution in [3.05, 3.63) is 52.4 Å². The number of piperidine rings is 1. The third-order valence-corrected chi connectivity index (χ3v) is 5.75. The summed E-state index contributed by atoms with van der Waals surface area (Å²) >= 11 is 1.83. The molecule has 2 N–H and O–H groups in total. The number of benzene rings is 1. The van der Waals surface area contributed by atoms with Gasteiger partial charge >= 0.3 is 0 Å². The fourth-order valence-corrected chi connectivity index (χ4v) is 4.09. The van der Waals surface area contributed by atoms with E-state index in [1.54, 1.807) is 0 Å². The largest absolute Gasteiger partial charge is 0.363 e. The molecule has 0 bridgehead atoms. The molecule has 0 unspecified atom stereocenters. The van der Waals surface area contributed by atoms with E-state index in [0.29, 0.717) is 6.04 Å². The molecule has 0 aliphatic carbocycles. The lowest BCUT2D eigenvalue weighted by atomic mass is 10.1. The van der Waals surface area contributed by atoms with Gasteiger partial charge in [-0.15, -0.1) is 11.3 Å². The van der Waals surface area contributed by atoms with Gasteiger partial charge in [0, 0.05) is 32.7 Å². The van der Waals surface area contributed by atoms with Crippen molar-refractivity contribution in [3.8, 4) is 0 Å². The molecule has 3 rings (SSSR count). The molecule has 2 aromatic rings. The van der Waals surface area contributed by atoms with E-state index in [1.165, 1.54) is 21.7 Å². The summed E-state index contributed by atoms with van der Waals surface area (Å²) in [7, 11) is 1.85. The fraction of sp³-hybridized carbons (Fsp3) is 0.450. The summed E-state index contributed by atoms with van der Waals surface area (Å²) in [4.78, 5) is 6.88. The summed E-state index contributed by atoms with van der Waals surface area (Å²) in [5.41, 5.74) is 3.95. The number of hydrogen-bond acceptors (Lipinski definition) is 3. The van der Waals surface area contributed by atoms with Crippen LogP contribution in [0.5, 0.6) is 0 Å². The minimum absolute atomic E-state index is 0.488. The number of guanidine groups is 1. The molecule has 1 aliphatic rings. The van der Waals surface area contributed by atoms with E-state index in [2.05, 4.69) is 70.1 Å². The second kappa shape index (κ2) is 8.39. The van der Waals surface area contributed by atoms with Crippen LogP contribution in [0.25, 0.3) is 0 Å². The van der Waals surface area contributed by atoms with Gasteiger partial charge in [0.1, 0.15) is 0 Å². The molecule has 0 spiro atoms. The van der Waals surface area contributed by atoms with E-state index in [-0.39, 0.29) is 0 Å². The second-order valence-corrected chi connectivity index (χ2v) is 7.64. The van der Waals surface area contributed by atoms with Crippen molar-refractivity contribution >= 4 is 22.3 Å². The molecule has 5 heteroatoms. The molecule has 2 heterocycles. The summed E-state index contributed by atoms with van der Waals surface area (Å²) in [6.07, 6.45) is 2.28. The topological polar surface area (TPSA) is 39.7 Å². The summed E-state index contributed by atoms with van der Waals surface area (Å²) in [6.45, 7) is 7.31. The number of nitrogens with zero attached hydrogens (tertiary/aromatic N) is 2. The Kier molecular flexibility index (Phi) is 5.97. The van der Waals surface area contributed by atoms with Crippen molar-refractivity contribution in [1.82, 2.24) is 10.6 Å². The molecule has 25 heavy (non-hydrogen) atoms. The van der Waals surface area contributed by atoms with Crippen molar-refractivity contribution in [2.24, 2.45) is 4.99 Å². The van der Waals surface area contributed by atoms with Crippen molar-refractivity contribution in [3.63, 3.8) is 0 Å². The maximum Gasteiger partial charge on any atom is 0.191 e. The summed E-state index contributed by atoms with van der Waals surface area (Å²) < 4.78 is 0. The number of hydrogen-bond donors (Lipinski definition) is 2. The predicted octanol–water partition coefficient (Wildman–Crippen LogP) is 3.70. The van der Waals surface area contributed by atoms with Gasteiger partial charge in [0.15, 0.2) is 5.96 Å². The zero-order chi connectivity index (χ0) is 17.6. The lowest BCUT2D eigenvalue weighted by molar-refractivity contribution is 0.462. The van der Waals surface area contributed by atoms with Crippen molar-refractivity contribution < 1.29 is 0 Å². The third-order valence-electron chi connectivity index (χ3n) is 4.82. The van der Waals surface area contributed by atoms with Crippen LogP contribution < -0.4 is 15.5 Å². The summed E-state index contributed by atoms with van der Waals surface area (Å²) in [6, 6.07) is 11.4. The van der Waals surface area contributed by atoms with Gasteiger partial charge in [0.2, 0.25) is 0 Å². The van der Waals surface area contributed by atoms with Crippen LogP contribution >= 0.6 is 11.3 Å². The van der Waals surface area contributed by atoms with Gasteiger partial charge in [-0.25, -0.2) is 0 Å². The Morgan fingerprint density at radius 3 is 2.68 bits per heavy atom. The van der Waals surface area contributed by atoms with Crippen molar-refractivity contribution in [2.75, 3.05) is 25.0 Å². The molecule has 0 radical (unpaired) electrons. The Bertz CT molecular complexity index is 700. The van der Waals surface area contributed by atoms with Crippen molar-refractivity contribution in [2.45, 2.75) is 39.3 Å². The number of anilines is 1. The van der Waals surface area contributed by atoms with Gasteiger partial charge in [-0.3, -0.25) is 4.99 Å². The Morgan fingerprint density at radius 2 is 2.04 bits per heavy atom. The molecule has 1 aliphatic heterocycles. The Morgan fingerprint density at radius 1 is 1.24 bits per heavy atom. The highest BCUT2D eigenvalue weighted by molar-refractivity contribution is 7.14. The standard InChI is InChI=1S/C20H28N4S/c1-15-6-7-17(16(2)13-15)14-22-20(21-3)23-18-8-10-24(11-9-18)19-5-4-12-25-19/h4-7,12-13,18H,8-11,14H2,1-3H3,(H2,21,22,23). The van der Waals surface area contributed by atoms with Crippen molar-refractivity contribution in [1.29, 1.82) is 0 Å². The van der Waals surface area contributed by atoms with Gasteiger partial charge in [-0.1, -0.05) is 23.8 Å². The average molecular weight is 357 g/mol. The fourth-order valence-electron chi connectivity index (χ4n) is 3.31. The van der Waals surface area contributed by atoms with Gasteiger partial charge in [0.25, 0.3) is 0 Å². The zero-order valence-corrected chi connectivity index (χ0v) is 16.2.